The van der Waals surface area contributed by atoms with E-state index in [1.165, 1.54) is 11.0 Å². The van der Waals surface area contributed by atoms with Crippen LogP contribution in [0.15, 0.2) is 30.6 Å². The van der Waals surface area contributed by atoms with Gasteiger partial charge in [-0.3, -0.25) is 4.79 Å². The SMILES string of the molecule is CC1CCC(NC(=O)COC(=O)c2ccc(-n3cnnn3)cc2)CC1. The predicted octanol–water partition coefficient (Wildman–Crippen LogP) is 1.51. The molecular weight excluding hydrogens is 322 g/mol. The van der Waals surface area contributed by atoms with Crippen molar-refractivity contribution in [1.82, 2.24) is 25.5 Å². The molecule has 1 aliphatic rings. The van der Waals surface area contributed by atoms with Crippen molar-refractivity contribution in [2.45, 2.75) is 38.6 Å². The average Bonchev–Trinajstić information content (AvgIpc) is 3.16. The van der Waals surface area contributed by atoms with Gasteiger partial charge in [-0.15, -0.1) is 5.10 Å². The smallest absolute Gasteiger partial charge is 0.338 e. The molecule has 0 unspecified atom stereocenters. The summed E-state index contributed by atoms with van der Waals surface area (Å²) in [4.78, 5) is 24.0. The molecule has 0 saturated heterocycles. The van der Waals surface area contributed by atoms with Crippen molar-refractivity contribution in [2.24, 2.45) is 5.92 Å². The summed E-state index contributed by atoms with van der Waals surface area (Å²) in [6, 6.07) is 6.82. The fraction of sp³-hybridized carbons (Fsp3) is 0.471. The molecule has 1 fully saturated rings. The van der Waals surface area contributed by atoms with Gasteiger partial charge >= 0.3 is 5.97 Å². The molecular formula is C17H21N5O3. The highest BCUT2D eigenvalue weighted by molar-refractivity contribution is 5.91. The highest BCUT2D eigenvalue weighted by Gasteiger charge is 2.20. The van der Waals surface area contributed by atoms with Gasteiger partial charge in [0.05, 0.1) is 11.3 Å². The zero-order chi connectivity index (χ0) is 17.6. The molecule has 1 heterocycles. The van der Waals surface area contributed by atoms with Gasteiger partial charge in [0.25, 0.3) is 5.91 Å². The van der Waals surface area contributed by atoms with Gasteiger partial charge in [-0.05, 0) is 66.3 Å². The second kappa shape index (κ2) is 7.87. The first kappa shape index (κ1) is 17.1. The minimum atomic E-state index is -0.532. The number of ether oxygens (including phenoxy) is 1. The standard InChI is InChI=1S/C17H21N5O3/c1-12-2-6-14(7-3-12)19-16(23)10-25-17(24)13-4-8-15(9-5-13)22-11-18-20-21-22/h4-5,8-9,11-12,14H,2-3,6-7,10H2,1H3,(H,19,23). The summed E-state index contributed by atoms with van der Waals surface area (Å²) in [7, 11) is 0. The lowest BCUT2D eigenvalue weighted by Crippen LogP contribution is -2.39. The maximum Gasteiger partial charge on any atom is 0.338 e. The molecule has 25 heavy (non-hydrogen) atoms. The van der Waals surface area contributed by atoms with Gasteiger partial charge in [0.1, 0.15) is 6.33 Å². The van der Waals surface area contributed by atoms with E-state index in [1.54, 1.807) is 24.3 Å². The summed E-state index contributed by atoms with van der Waals surface area (Å²) in [5.74, 6) is -0.0591. The molecule has 1 saturated carbocycles. The maximum absolute atomic E-state index is 12.0. The van der Waals surface area contributed by atoms with Crippen LogP contribution >= 0.6 is 0 Å². The fourth-order valence-electron chi connectivity index (χ4n) is 2.92. The molecule has 0 aliphatic heterocycles. The van der Waals surface area contributed by atoms with Crippen LogP contribution in [0.4, 0.5) is 0 Å². The molecule has 132 valence electrons. The summed E-state index contributed by atoms with van der Waals surface area (Å²) < 4.78 is 6.56. The lowest BCUT2D eigenvalue weighted by atomic mass is 9.87. The third-order valence-corrected chi connectivity index (χ3v) is 4.43. The van der Waals surface area contributed by atoms with Crippen molar-refractivity contribution in [3.63, 3.8) is 0 Å². The van der Waals surface area contributed by atoms with E-state index in [4.69, 9.17) is 4.74 Å². The first-order chi connectivity index (χ1) is 12.1. The van der Waals surface area contributed by atoms with Gasteiger partial charge in [-0.25, -0.2) is 9.48 Å². The summed E-state index contributed by atoms with van der Waals surface area (Å²) in [6.07, 6.45) is 5.68. The summed E-state index contributed by atoms with van der Waals surface area (Å²) in [6.45, 7) is 1.96. The maximum atomic E-state index is 12.0. The van der Waals surface area contributed by atoms with E-state index in [-0.39, 0.29) is 18.6 Å². The third-order valence-electron chi connectivity index (χ3n) is 4.43. The Hall–Kier alpha value is -2.77. The first-order valence-electron chi connectivity index (χ1n) is 8.41. The Morgan fingerprint density at radius 2 is 1.92 bits per heavy atom. The lowest BCUT2D eigenvalue weighted by molar-refractivity contribution is -0.125. The summed E-state index contributed by atoms with van der Waals surface area (Å²) in [5.41, 5.74) is 1.10. The van der Waals surface area contributed by atoms with Crippen molar-refractivity contribution in [2.75, 3.05) is 6.61 Å². The van der Waals surface area contributed by atoms with E-state index >= 15 is 0 Å². The number of hydrogen-bond acceptors (Lipinski definition) is 6. The van der Waals surface area contributed by atoms with Gasteiger partial charge in [0.2, 0.25) is 0 Å². The van der Waals surface area contributed by atoms with E-state index in [0.717, 1.165) is 37.3 Å². The Kier molecular flexibility index (Phi) is 5.37. The quantitative estimate of drug-likeness (QED) is 0.826. The zero-order valence-corrected chi connectivity index (χ0v) is 14.1. The number of carbonyl (C=O) groups is 2. The number of amides is 1. The second-order valence-corrected chi connectivity index (χ2v) is 6.40. The number of carbonyl (C=O) groups excluding carboxylic acids is 2. The monoisotopic (exact) mass is 343 g/mol. The highest BCUT2D eigenvalue weighted by atomic mass is 16.5. The molecule has 1 N–H and O–H groups in total. The molecule has 8 nitrogen and oxygen atoms in total. The molecule has 8 heteroatoms. The van der Waals surface area contributed by atoms with Crippen molar-refractivity contribution < 1.29 is 14.3 Å². The van der Waals surface area contributed by atoms with E-state index in [1.807, 2.05) is 0 Å². The molecule has 3 rings (SSSR count). The van der Waals surface area contributed by atoms with Gasteiger partial charge in [-0.2, -0.15) is 0 Å². The van der Waals surface area contributed by atoms with Crippen molar-refractivity contribution in [3.8, 4) is 5.69 Å². The number of benzene rings is 1. The fourth-order valence-corrected chi connectivity index (χ4v) is 2.92. The molecule has 1 aromatic carbocycles. The van der Waals surface area contributed by atoms with E-state index in [0.29, 0.717) is 5.56 Å². The summed E-state index contributed by atoms with van der Waals surface area (Å²) in [5, 5.41) is 13.8. The predicted molar refractivity (Wildman–Crippen MR) is 89.0 cm³/mol. The molecule has 2 aromatic rings. The van der Waals surface area contributed by atoms with Crippen LogP contribution in [-0.2, 0) is 9.53 Å². The van der Waals surface area contributed by atoms with Gasteiger partial charge < -0.3 is 10.1 Å². The zero-order valence-electron chi connectivity index (χ0n) is 14.1. The highest BCUT2D eigenvalue weighted by Crippen LogP contribution is 2.23. The molecule has 0 atom stereocenters. The van der Waals surface area contributed by atoms with Crippen LogP contribution in [0.1, 0.15) is 43.0 Å². The number of nitrogens with one attached hydrogen (secondary N) is 1. The van der Waals surface area contributed by atoms with Crippen LogP contribution in [0, 0.1) is 5.92 Å². The van der Waals surface area contributed by atoms with Crippen LogP contribution in [-0.4, -0.2) is 44.7 Å². The minimum absolute atomic E-state index is 0.193. The molecule has 1 aromatic heterocycles. The van der Waals surface area contributed by atoms with Gasteiger partial charge in [0.15, 0.2) is 6.61 Å². The average molecular weight is 343 g/mol. The van der Waals surface area contributed by atoms with Crippen LogP contribution in [0.5, 0.6) is 0 Å². The largest absolute Gasteiger partial charge is 0.452 e. The lowest BCUT2D eigenvalue weighted by Gasteiger charge is -2.26. The van der Waals surface area contributed by atoms with Crippen molar-refractivity contribution >= 4 is 11.9 Å². The van der Waals surface area contributed by atoms with Crippen LogP contribution < -0.4 is 5.32 Å². The Morgan fingerprint density at radius 1 is 1.20 bits per heavy atom. The van der Waals surface area contributed by atoms with Crippen molar-refractivity contribution in [3.05, 3.63) is 36.2 Å². The Bertz CT molecular complexity index is 706. The Morgan fingerprint density at radius 3 is 2.56 bits per heavy atom. The van der Waals surface area contributed by atoms with E-state index in [9.17, 15) is 9.59 Å². The van der Waals surface area contributed by atoms with Crippen molar-refractivity contribution in [1.29, 1.82) is 0 Å². The first-order valence-corrected chi connectivity index (χ1v) is 8.41. The normalized spacial score (nSPS) is 20.0. The summed E-state index contributed by atoms with van der Waals surface area (Å²) >= 11 is 0. The number of rotatable bonds is 5. The topological polar surface area (TPSA) is 99.0 Å². The minimum Gasteiger partial charge on any atom is -0.452 e. The third kappa shape index (κ3) is 4.62. The number of tetrazole rings is 1. The van der Waals surface area contributed by atoms with Crippen LogP contribution in [0.25, 0.3) is 5.69 Å². The van der Waals surface area contributed by atoms with Crippen LogP contribution in [0.2, 0.25) is 0 Å². The van der Waals surface area contributed by atoms with Crippen LogP contribution in [0.3, 0.4) is 0 Å². The number of nitrogens with zero attached hydrogens (tertiary/aromatic N) is 4. The molecule has 0 radical (unpaired) electrons. The Labute approximate surface area is 145 Å². The Balaban J connectivity index is 1.46. The molecule has 1 aliphatic carbocycles. The number of hydrogen-bond donors (Lipinski definition) is 1. The second-order valence-electron chi connectivity index (χ2n) is 6.40. The van der Waals surface area contributed by atoms with Gasteiger partial charge in [-0.1, -0.05) is 6.92 Å². The number of esters is 1. The molecule has 1 amide bonds. The van der Waals surface area contributed by atoms with E-state index < -0.39 is 5.97 Å². The molecule has 0 bridgehead atoms. The van der Waals surface area contributed by atoms with Gasteiger partial charge in [0, 0.05) is 6.04 Å². The molecule has 0 spiro atoms. The number of aromatic nitrogens is 4. The van der Waals surface area contributed by atoms with E-state index in [2.05, 4.69) is 27.8 Å².